The van der Waals surface area contributed by atoms with Crippen LogP contribution in [0.2, 0.25) is 0 Å². The molecule has 0 bridgehead atoms. The first-order valence-corrected chi connectivity index (χ1v) is 10.7. The van der Waals surface area contributed by atoms with Crippen molar-refractivity contribution in [1.82, 2.24) is 5.43 Å². The van der Waals surface area contributed by atoms with Crippen LogP contribution in [0, 0.1) is 13.8 Å². The fourth-order valence-electron chi connectivity index (χ4n) is 3.61. The quantitative estimate of drug-likeness (QED) is 0.305. The number of hydrogen-bond donors (Lipinski definition) is 1. The van der Waals surface area contributed by atoms with Crippen LogP contribution in [0.4, 0.5) is 0 Å². The number of benzene rings is 4. The number of nitrogens with one attached hydrogen (secondary N) is 1. The van der Waals surface area contributed by atoms with Crippen LogP contribution in [0.1, 0.15) is 27.8 Å². The molecule has 0 aliphatic rings. The molecule has 0 heterocycles. The zero-order chi connectivity index (χ0) is 22.3. The Hall–Kier alpha value is -3.92. The fraction of sp³-hybridized carbons (Fsp3) is 0.143. The number of ether oxygens (including phenoxy) is 1. The van der Waals surface area contributed by atoms with Crippen molar-refractivity contribution in [1.29, 1.82) is 0 Å². The molecule has 0 radical (unpaired) electrons. The van der Waals surface area contributed by atoms with Gasteiger partial charge in [0.25, 0.3) is 0 Å². The van der Waals surface area contributed by atoms with Crippen LogP contribution in [0.15, 0.2) is 90.0 Å². The number of amides is 1. The van der Waals surface area contributed by atoms with Gasteiger partial charge in [0.05, 0.1) is 12.6 Å². The standard InChI is InChI=1S/C28H26N2O2/c1-20-10-11-21(2)25(16-20)17-28(31)30-29-18-22-12-14-26(15-13-22)32-19-24-8-5-7-23-6-3-4-9-27(23)24/h3-16,18H,17,19H2,1-2H3,(H,30,31)/b29-18+. The summed E-state index contributed by atoms with van der Waals surface area (Å²) in [4.78, 5) is 12.2. The van der Waals surface area contributed by atoms with Crippen molar-refractivity contribution in [2.75, 3.05) is 0 Å². The monoisotopic (exact) mass is 422 g/mol. The number of hydrazone groups is 1. The first-order chi connectivity index (χ1) is 15.6. The molecule has 4 nitrogen and oxygen atoms in total. The Bertz CT molecular complexity index is 1250. The van der Waals surface area contributed by atoms with Crippen LogP contribution in [-0.2, 0) is 17.8 Å². The van der Waals surface area contributed by atoms with Crippen molar-refractivity contribution in [2.24, 2.45) is 5.10 Å². The summed E-state index contributed by atoms with van der Waals surface area (Å²) in [5, 5.41) is 6.49. The van der Waals surface area contributed by atoms with Gasteiger partial charge in [-0.3, -0.25) is 4.79 Å². The van der Waals surface area contributed by atoms with Crippen molar-refractivity contribution < 1.29 is 9.53 Å². The highest BCUT2D eigenvalue weighted by Crippen LogP contribution is 2.21. The van der Waals surface area contributed by atoms with Crippen LogP contribution in [0.3, 0.4) is 0 Å². The topological polar surface area (TPSA) is 50.7 Å². The molecule has 0 aromatic heterocycles. The Kier molecular flexibility index (Phi) is 6.61. The van der Waals surface area contributed by atoms with Crippen molar-refractivity contribution in [3.8, 4) is 5.75 Å². The van der Waals surface area contributed by atoms with Gasteiger partial charge in [0.1, 0.15) is 12.4 Å². The third kappa shape index (κ3) is 5.41. The maximum absolute atomic E-state index is 12.2. The predicted octanol–water partition coefficient (Wildman–Crippen LogP) is 5.73. The number of nitrogens with zero attached hydrogens (tertiary/aromatic N) is 1. The lowest BCUT2D eigenvalue weighted by atomic mass is 10.0. The zero-order valence-corrected chi connectivity index (χ0v) is 18.3. The van der Waals surface area contributed by atoms with Gasteiger partial charge in [-0.2, -0.15) is 5.10 Å². The molecule has 160 valence electrons. The Morgan fingerprint density at radius 1 is 0.906 bits per heavy atom. The van der Waals surface area contributed by atoms with Gasteiger partial charge in [-0.15, -0.1) is 0 Å². The molecule has 32 heavy (non-hydrogen) atoms. The molecule has 4 rings (SSSR count). The van der Waals surface area contributed by atoms with E-state index in [2.05, 4.69) is 40.9 Å². The highest BCUT2D eigenvalue weighted by atomic mass is 16.5. The van der Waals surface area contributed by atoms with Crippen molar-refractivity contribution in [3.63, 3.8) is 0 Å². The van der Waals surface area contributed by atoms with Crippen LogP contribution in [-0.4, -0.2) is 12.1 Å². The molecule has 0 saturated carbocycles. The second-order valence-electron chi connectivity index (χ2n) is 7.90. The van der Waals surface area contributed by atoms with E-state index in [1.807, 2.05) is 68.4 Å². The van der Waals surface area contributed by atoms with E-state index in [1.54, 1.807) is 6.21 Å². The Labute approximate surface area is 188 Å². The molecule has 4 aromatic carbocycles. The SMILES string of the molecule is Cc1ccc(C)c(CC(=O)N/N=C/c2ccc(OCc3cccc4ccccc34)cc2)c1. The molecule has 0 fully saturated rings. The highest BCUT2D eigenvalue weighted by Gasteiger charge is 2.05. The second kappa shape index (κ2) is 9.92. The normalized spacial score (nSPS) is 11.1. The van der Waals surface area contributed by atoms with Gasteiger partial charge in [0, 0.05) is 0 Å². The summed E-state index contributed by atoms with van der Waals surface area (Å²) in [6, 6.07) is 28.3. The summed E-state index contributed by atoms with van der Waals surface area (Å²) in [7, 11) is 0. The number of carbonyl (C=O) groups is 1. The third-order valence-electron chi connectivity index (χ3n) is 5.41. The molecule has 0 aliphatic carbocycles. The number of carbonyl (C=O) groups excluding carboxylic acids is 1. The van der Waals surface area contributed by atoms with Crippen LogP contribution < -0.4 is 10.2 Å². The van der Waals surface area contributed by atoms with Crippen molar-refractivity contribution >= 4 is 22.9 Å². The average Bonchev–Trinajstić information content (AvgIpc) is 2.81. The summed E-state index contributed by atoms with van der Waals surface area (Å²) in [6.07, 6.45) is 1.95. The van der Waals surface area contributed by atoms with E-state index in [4.69, 9.17) is 4.74 Å². The van der Waals surface area contributed by atoms with Gasteiger partial charge < -0.3 is 4.74 Å². The third-order valence-corrected chi connectivity index (χ3v) is 5.41. The van der Waals surface area contributed by atoms with Gasteiger partial charge in [0.2, 0.25) is 5.91 Å². The van der Waals surface area contributed by atoms with E-state index in [0.29, 0.717) is 13.0 Å². The van der Waals surface area contributed by atoms with E-state index in [-0.39, 0.29) is 5.91 Å². The number of aryl methyl sites for hydroxylation is 2. The smallest absolute Gasteiger partial charge is 0.244 e. The molecule has 0 atom stereocenters. The lowest BCUT2D eigenvalue weighted by Crippen LogP contribution is -2.20. The first kappa shape index (κ1) is 21.3. The van der Waals surface area contributed by atoms with Gasteiger partial charge in [-0.25, -0.2) is 5.43 Å². The fourth-order valence-corrected chi connectivity index (χ4v) is 3.61. The summed E-state index contributed by atoms with van der Waals surface area (Å²) in [6.45, 7) is 4.53. The summed E-state index contributed by atoms with van der Waals surface area (Å²) in [5.41, 5.74) is 7.91. The number of fused-ring (bicyclic) bond motifs is 1. The summed E-state index contributed by atoms with van der Waals surface area (Å²) in [5.74, 6) is 0.652. The lowest BCUT2D eigenvalue weighted by Gasteiger charge is -2.09. The van der Waals surface area contributed by atoms with Gasteiger partial charge >= 0.3 is 0 Å². The molecule has 1 N–H and O–H groups in total. The zero-order valence-electron chi connectivity index (χ0n) is 18.3. The van der Waals surface area contributed by atoms with Gasteiger partial charge in [0.15, 0.2) is 0 Å². The Morgan fingerprint density at radius 2 is 1.69 bits per heavy atom. The van der Waals surface area contributed by atoms with Crippen LogP contribution >= 0.6 is 0 Å². The first-order valence-electron chi connectivity index (χ1n) is 10.7. The average molecular weight is 423 g/mol. The van der Waals surface area contributed by atoms with Crippen LogP contribution in [0.25, 0.3) is 10.8 Å². The van der Waals surface area contributed by atoms with Crippen molar-refractivity contribution in [3.05, 3.63) is 113 Å². The maximum atomic E-state index is 12.2. The molecule has 0 aliphatic heterocycles. The molecule has 1 amide bonds. The minimum Gasteiger partial charge on any atom is -0.489 e. The second-order valence-corrected chi connectivity index (χ2v) is 7.90. The largest absolute Gasteiger partial charge is 0.489 e. The molecular weight excluding hydrogens is 396 g/mol. The van der Waals surface area contributed by atoms with E-state index in [9.17, 15) is 4.79 Å². The molecule has 0 unspecified atom stereocenters. The molecular formula is C28H26N2O2. The summed E-state index contributed by atoms with van der Waals surface area (Å²) < 4.78 is 5.97. The summed E-state index contributed by atoms with van der Waals surface area (Å²) >= 11 is 0. The minimum absolute atomic E-state index is 0.134. The lowest BCUT2D eigenvalue weighted by molar-refractivity contribution is -0.120. The number of rotatable bonds is 7. The molecule has 0 saturated heterocycles. The van der Waals surface area contributed by atoms with Crippen LogP contribution in [0.5, 0.6) is 5.75 Å². The predicted molar refractivity (Wildman–Crippen MR) is 130 cm³/mol. The minimum atomic E-state index is -0.134. The van der Waals surface area contributed by atoms with Gasteiger partial charge in [-0.1, -0.05) is 66.2 Å². The number of hydrogen-bond acceptors (Lipinski definition) is 3. The van der Waals surface area contributed by atoms with E-state index in [1.165, 1.54) is 10.8 Å². The van der Waals surface area contributed by atoms with E-state index < -0.39 is 0 Å². The van der Waals surface area contributed by atoms with E-state index in [0.717, 1.165) is 33.6 Å². The molecule has 4 heteroatoms. The molecule has 4 aromatic rings. The highest BCUT2D eigenvalue weighted by molar-refractivity contribution is 5.85. The Morgan fingerprint density at radius 3 is 2.53 bits per heavy atom. The van der Waals surface area contributed by atoms with E-state index >= 15 is 0 Å². The maximum Gasteiger partial charge on any atom is 0.244 e. The Balaban J connectivity index is 1.31. The molecule has 0 spiro atoms. The van der Waals surface area contributed by atoms with Gasteiger partial charge in [-0.05, 0) is 71.1 Å². The van der Waals surface area contributed by atoms with Crippen molar-refractivity contribution in [2.45, 2.75) is 26.9 Å².